The standard InChI is InChI=1S/C15H21N5O2/c1-11(2)15-17-14(18-22-15)12-4-3-7-20(12)13(21)5-8-19-9-6-16-10-19/h6,9-12H,3-5,7-8H2,1-2H3. The van der Waals surface area contributed by atoms with Gasteiger partial charge in [0.15, 0.2) is 5.82 Å². The second-order valence-electron chi connectivity index (χ2n) is 5.94. The van der Waals surface area contributed by atoms with Crippen molar-refractivity contribution in [1.29, 1.82) is 0 Å². The second kappa shape index (κ2) is 6.29. The molecule has 1 unspecified atom stereocenters. The average Bonchev–Trinajstić information content (AvgIpc) is 3.23. The van der Waals surface area contributed by atoms with Crippen LogP contribution in [0.4, 0.5) is 0 Å². The Labute approximate surface area is 129 Å². The molecule has 22 heavy (non-hydrogen) atoms. The quantitative estimate of drug-likeness (QED) is 0.845. The summed E-state index contributed by atoms with van der Waals surface area (Å²) in [7, 11) is 0. The van der Waals surface area contributed by atoms with Gasteiger partial charge in [-0.05, 0) is 12.8 Å². The van der Waals surface area contributed by atoms with Crippen molar-refractivity contribution >= 4 is 5.91 Å². The Hall–Kier alpha value is -2.18. The van der Waals surface area contributed by atoms with E-state index in [1.54, 1.807) is 12.5 Å². The highest BCUT2D eigenvalue weighted by atomic mass is 16.5. The summed E-state index contributed by atoms with van der Waals surface area (Å²) in [6.07, 6.45) is 7.64. The highest BCUT2D eigenvalue weighted by Gasteiger charge is 2.33. The number of nitrogens with zero attached hydrogens (tertiary/aromatic N) is 5. The molecule has 1 atom stereocenters. The van der Waals surface area contributed by atoms with Gasteiger partial charge >= 0.3 is 0 Å². The smallest absolute Gasteiger partial charge is 0.229 e. The Morgan fingerprint density at radius 3 is 3.05 bits per heavy atom. The number of aromatic nitrogens is 4. The van der Waals surface area contributed by atoms with Crippen molar-refractivity contribution in [3.8, 4) is 0 Å². The number of amides is 1. The lowest BCUT2D eigenvalue weighted by Crippen LogP contribution is -2.31. The van der Waals surface area contributed by atoms with E-state index in [9.17, 15) is 4.79 Å². The van der Waals surface area contributed by atoms with E-state index in [-0.39, 0.29) is 17.9 Å². The molecule has 7 heteroatoms. The zero-order valence-electron chi connectivity index (χ0n) is 13.0. The van der Waals surface area contributed by atoms with E-state index < -0.39 is 0 Å². The molecule has 3 rings (SSSR count). The van der Waals surface area contributed by atoms with E-state index in [0.717, 1.165) is 19.4 Å². The molecule has 1 aliphatic rings. The Kier molecular flexibility index (Phi) is 4.22. The molecule has 118 valence electrons. The van der Waals surface area contributed by atoms with Crippen LogP contribution in [0.25, 0.3) is 0 Å². The fourth-order valence-corrected chi connectivity index (χ4v) is 2.74. The molecule has 1 fully saturated rings. The highest BCUT2D eigenvalue weighted by Crippen LogP contribution is 2.31. The SMILES string of the molecule is CC(C)c1nc(C2CCCN2C(=O)CCn2ccnc2)no1. The third-order valence-electron chi connectivity index (χ3n) is 3.97. The van der Waals surface area contributed by atoms with Gasteiger partial charge in [0.05, 0.1) is 12.4 Å². The fourth-order valence-electron chi connectivity index (χ4n) is 2.74. The summed E-state index contributed by atoms with van der Waals surface area (Å²) in [6.45, 7) is 5.44. The molecule has 7 nitrogen and oxygen atoms in total. The number of carbonyl (C=O) groups excluding carboxylic acids is 1. The van der Waals surface area contributed by atoms with Gasteiger partial charge in [-0.15, -0.1) is 0 Å². The largest absolute Gasteiger partial charge is 0.339 e. The maximum absolute atomic E-state index is 12.5. The van der Waals surface area contributed by atoms with Crippen molar-refractivity contribution in [2.45, 2.75) is 51.6 Å². The number of rotatable bonds is 5. The third-order valence-corrected chi connectivity index (χ3v) is 3.97. The van der Waals surface area contributed by atoms with Crippen LogP contribution >= 0.6 is 0 Å². The highest BCUT2D eigenvalue weighted by molar-refractivity contribution is 5.76. The van der Waals surface area contributed by atoms with Gasteiger partial charge in [-0.1, -0.05) is 19.0 Å². The Bertz CT molecular complexity index is 620. The second-order valence-corrected chi connectivity index (χ2v) is 5.94. The van der Waals surface area contributed by atoms with Crippen molar-refractivity contribution in [1.82, 2.24) is 24.6 Å². The van der Waals surface area contributed by atoms with E-state index in [1.807, 2.05) is 29.5 Å². The van der Waals surface area contributed by atoms with E-state index in [2.05, 4.69) is 15.1 Å². The summed E-state index contributed by atoms with van der Waals surface area (Å²) in [6, 6.07) is -0.0495. The predicted molar refractivity (Wildman–Crippen MR) is 78.9 cm³/mol. The third kappa shape index (κ3) is 3.03. The summed E-state index contributed by atoms with van der Waals surface area (Å²) in [5.74, 6) is 1.60. The first kappa shape index (κ1) is 14.7. The molecule has 0 saturated carbocycles. The lowest BCUT2D eigenvalue weighted by Gasteiger charge is -2.22. The monoisotopic (exact) mass is 303 g/mol. The summed E-state index contributed by atoms with van der Waals surface area (Å²) in [5, 5.41) is 4.07. The summed E-state index contributed by atoms with van der Waals surface area (Å²) in [4.78, 5) is 22.8. The fraction of sp³-hybridized carbons (Fsp3) is 0.600. The minimum absolute atomic E-state index is 0.0495. The van der Waals surface area contributed by atoms with Crippen molar-refractivity contribution in [2.24, 2.45) is 0 Å². The molecule has 0 spiro atoms. The number of carbonyl (C=O) groups is 1. The molecule has 1 saturated heterocycles. The predicted octanol–water partition coefficient (Wildman–Crippen LogP) is 2.14. The maximum atomic E-state index is 12.5. The molecular formula is C15H21N5O2. The van der Waals surface area contributed by atoms with E-state index in [0.29, 0.717) is 24.7 Å². The van der Waals surface area contributed by atoms with Gasteiger partial charge in [0, 0.05) is 37.8 Å². The van der Waals surface area contributed by atoms with Crippen LogP contribution in [-0.4, -0.2) is 37.0 Å². The molecule has 3 heterocycles. The van der Waals surface area contributed by atoms with Gasteiger partial charge < -0.3 is 14.0 Å². The first-order valence-corrected chi connectivity index (χ1v) is 7.74. The average molecular weight is 303 g/mol. The zero-order chi connectivity index (χ0) is 15.5. The minimum atomic E-state index is -0.0495. The Balaban J connectivity index is 1.65. The van der Waals surface area contributed by atoms with E-state index >= 15 is 0 Å². The van der Waals surface area contributed by atoms with Gasteiger partial charge in [0.2, 0.25) is 11.8 Å². The molecule has 0 aromatic carbocycles. The van der Waals surface area contributed by atoms with Crippen LogP contribution in [-0.2, 0) is 11.3 Å². The maximum Gasteiger partial charge on any atom is 0.229 e. The van der Waals surface area contributed by atoms with Crippen molar-refractivity contribution < 1.29 is 9.32 Å². The molecular weight excluding hydrogens is 282 g/mol. The van der Waals surface area contributed by atoms with E-state index in [1.165, 1.54) is 0 Å². The first-order valence-electron chi connectivity index (χ1n) is 7.74. The normalized spacial score (nSPS) is 18.3. The van der Waals surface area contributed by atoms with Crippen LogP contribution in [0.15, 0.2) is 23.2 Å². The number of imidazole rings is 1. The number of hydrogen-bond acceptors (Lipinski definition) is 5. The number of hydrogen-bond donors (Lipinski definition) is 0. The number of aryl methyl sites for hydroxylation is 1. The zero-order valence-corrected chi connectivity index (χ0v) is 13.0. The van der Waals surface area contributed by atoms with E-state index in [4.69, 9.17) is 4.52 Å². The molecule has 1 aliphatic heterocycles. The van der Waals surface area contributed by atoms with Crippen molar-refractivity contribution in [2.75, 3.05) is 6.54 Å². The molecule has 1 amide bonds. The summed E-state index contributed by atoms with van der Waals surface area (Å²) in [5.41, 5.74) is 0. The topological polar surface area (TPSA) is 77.1 Å². The lowest BCUT2D eigenvalue weighted by atomic mass is 10.2. The van der Waals surface area contributed by atoms with Crippen LogP contribution in [0.3, 0.4) is 0 Å². The van der Waals surface area contributed by atoms with Crippen LogP contribution in [0.1, 0.15) is 56.8 Å². The number of likely N-dealkylation sites (tertiary alicyclic amines) is 1. The van der Waals surface area contributed by atoms with Gasteiger partial charge in [-0.3, -0.25) is 4.79 Å². The molecule has 0 radical (unpaired) electrons. The van der Waals surface area contributed by atoms with Crippen molar-refractivity contribution in [3.63, 3.8) is 0 Å². The summed E-state index contributed by atoms with van der Waals surface area (Å²) < 4.78 is 7.18. The molecule has 2 aromatic heterocycles. The van der Waals surface area contributed by atoms with Gasteiger partial charge in [0.1, 0.15) is 0 Å². The van der Waals surface area contributed by atoms with Crippen molar-refractivity contribution in [3.05, 3.63) is 30.4 Å². The summed E-state index contributed by atoms with van der Waals surface area (Å²) >= 11 is 0. The Morgan fingerprint density at radius 2 is 2.36 bits per heavy atom. The van der Waals surface area contributed by atoms with Crippen LogP contribution in [0, 0.1) is 0 Å². The van der Waals surface area contributed by atoms with Gasteiger partial charge in [-0.25, -0.2) is 4.98 Å². The molecule has 2 aromatic rings. The molecule has 0 aliphatic carbocycles. The van der Waals surface area contributed by atoms with Crippen LogP contribution in [0.5, 0.6) is 0 Å². The van der Waals surface area contributed by atoms with Gasteiger partial charge in [0.25, 0.3) is 0 Å². The van der Waals surface area contributed by atoms with Crippen LogP contribution < -0.4 is 0 Å². The van der Waals surface area contributed by atoms with Gasteiger partial charge in [-0.2, -0.15) is 4.98 Å². The minimum Gasteiger partial charge on any atom is -0.339 e. The molecule has 0 N–H and O–H groups in total. The lowest BCUT2D eigenvalue weighted by molar-refractivity contribution is -0.132. The first-order chi connectivity index (χ1) is 10.6. The van der Waals surface area contributed by atoms with Crippen LogP contribution in [0.2, 0.25) is 0 Å². The Morgan fingerprint density at radius 1 is 1.50 bits per heavy atom. The molecule has 0 bridgehead atoms.